The van der Waals surface area contributed by atoms with Crippen LogP contribution >= 0.6 is 22.7 Å². The second-order valence-electron chi connectivity index (χ2n) is 24.3. The molecule has 4 rings (SSSR count). The molecule has 0 amide bonds. The van der Waals surface area contributed by atoms with Crippen LogP contribution in [-0.2, 0) is 33.1 Å². The molecule has 2 aliphatic rings. The third-order valence-electron chi connectivity index (χ3n) is 16.0. The highest BCUT2D eigenvalue weighted by molar-refractivity contribution is 7.09. The number of carbonyl (C=O) groups excluding carboxylic acids is 4. The first kappa shape index (κ1) is 65.4. The molecule has 0 radical (unpaired) electrons. The molecule has 0 aromatic carbocycles. The number of hydrogen-bond acceptors (Lipinski definition) is 13. The van der Waals surface area contributed by atoms with E-state index in [-0.39, 0.29) is 71.3 Å². The molecule has 0 spiro atoms. The maximum atomic E-state index is 14.1. The van der Waals surface area contributed by atoms with Gasteiger partial charge in [-0.25, -0.2) is 9.97 Å². The average Bonchev–Trinajstić information content (AvgIpc) is 3.93. The van der Waals surface area contributed by atoms with E-state index in [1.54, 1.807) is 43.4 Å². The van der Waals surface area contributed by atoms with Gasteiger partial charge in [-0.2, -0.15) is 0 Å². The Morgan fingerprint density at radius 1 is 0.693 bits per heavy atom. The standard InChI is InChI=1S/C34H55NO4SSi.C27H39NO5S/c1-22-15-14-16-23(2)31(39-41(12,13)33(7,8)9)26(5)32(37)34(10,11)25(4)20-30(36)38-29(18-17-22)24(3)19-28-21-40-27(6)35-28;1-16-9-8-10-17(2)25(31)19(4)26(32)27(6,7)23(29)14-24(30)33-22(12-11-16)18(3)13-21-15-34-20(5)28-21/h14,16-17,19,21,23,25-26,29,31H,15,18,20H2,1-13H3;8,10-11,13,15,17,19,22-23,25,29,31H,9,12,14H2,1-7H3/b16-14+,22-17-,24-19+;10-8+,16-11-,18-13+/t23-,25-,26+,29-,31-;17-,19+,22-,23-,25-/m00/s1. The fourth-order valence-electron chi connectivity index (χ4n) is 9.00. The van der Waals surface area contributed by atoms with E-state index in [4.69, 9.17) is 13.9 Å². The molecule has 2 aliphatic heterocycles. The van der Waals surface area contributed by atoms with Crippen LogP contribution in [0, 0.1) is 54.3 Å². The van der Waals surface area contributed by atoms with Crippen LogP contribution in [-0.4, -0.2) is 82.5 Å². The van der Waals surface area contributed by atoms with Gasteiger partial charge in [0.25, 0.3) is 0 Å². The van der Waals surface area contributed by atoms with E-state index in [1.807, 2.05) is 110 Å². The Hall–Kier alpha value is -3.92. The predicted molar refractivity (Wildman–Crippen MR) is 312 cm³/mol. The number of nitrogens with zero attached hydrogens (tertiary/aromatic N) is 2. The summed E-state index contributed by atoms with van der Waals surface area (Å²) in [5.41, 5.74) is 3.90. The van der Waals surface area contributed by atoms with Crippen molar-refractivity contribution in [3.63, 3.8) is 0 Å². The fourth-order valence-corrected chi connectivity index (χ4v) is 11.6. The first-order valence-electron chi connectivity index (χ1n) is 27.0. The fraction of sp³-hybridized carbons (Fsp3) is 0.639. The monoisotopic (exact) mass is 1090 g/mol. The quantitative estimate of drug-likeness (QED) is 0.161. The molecule has 0 aliphatic carbocycles. The summed E-state index contributed by atoms with van der Waals surface area (Å²) >= 11 is 3.16. The van der Waals surface area contributed by atoms with Crippen LogP contribution in [0.3, 0.4) is 0 Å². The van der Waals surface area contributed by atoms with Gasteiger partial charge in [0.2, 0.25) is 0 Å². The number of cyclic esters (lactones) is 2. The minimum atomic E-state index is -2.14. The van der Waals surface area contributed by atoms with E-state index in [0.29, 0.717) is 19.3 Å². The lowest BCUT2D eigenvalue weighted by Gasteiger charge is -2.43. The lowest BCUT2D eigenvalue weighted by molar-refractivity contribution is -0.154. The lowest BCUT2D eigenvalue weighted by Crippen LogP contribution is -2.50. The van der Waals surface area contributed by atoms with Gasteiger partial charge >= 0.3 is 11.9 Å². The molecule has 2 aromatic heterocycles. The van der Waals surface area contributed by atoms with Crippen molar-refractivity contribution in [3.8, 4) is 0 Å². The van der Waals surface area contributed by atoms with Crippen molar-refractivity contribution in [3.05, 3.63) is 90.9 Å². The molecule has 0 unspecified atom stereocenters. The first-order valence-corrected chi connectivity index (χ1v) is 31.6. The number of carbonyl (C=O) groups is 4. The number of esters is 2. The van der Waals surface area contributed by atoms with Gasteiger partial charge in [-0.3, -0.25) is 19.2 Å². The van der Waals surface area contributed by atoms with E-state index < -0.39 is 49.3 Å². The van der Waals surface area contributed by atoms with Gasteiger partial charge in [0.05, 0.1) is 51.6 Å². The van der Waals surface area contributed by atoms with Crippen molar-refractivity contribution in [2.75, 3.05) is 0 Å². The molecule has 2 aromatic rings. The SMILES string of the molecule is C/C1=C/C[C@@H](/C(C)=C/c2csc(C)n2)OC(=O)C[C@H](C)C(C)(C)C(=O)[C@H](C)[C@@H](O[Si](C)(C)C(C)(C)C)[C@@H](C)/C=C/C1.C/C1=C/C[C@@H](/C(C)=C/c2csc(C)n2)OC(=O)C[C@H](O)C(C)(C)C(=O)[C@H](C)[C@@H](O)[C@@H](C)/C=C/C1. The largest absolute Gasteiger partial charge is 0.457 e. The molecule has 0 saturated carbocycles. The predicted octanol–water partition coefficient (Wildman–Crippen LogP) is 14.4. The maximum absolute atomic E-state index is 14.1. The van der Waals surface area contributed by atoms with Crippen molar-refractivity contribution in [1.29, 1.82) is 0 Å². The molecule has 0 fully saturated rings. The van der Waals surface area contributed by atoms with Crippen molar-refractivity contribution < 1.29 is 43.3 Å². The lowest BCUT2D eigenvalue weighted by atomic mass is 9.69. The molecule has 10 atom stereocenters. The van der Waals surface area contributed by atoms with Gasteiger partial charge < -0.3 is 24.1 Å². The van der Waals surface area contributed by atoms with Crippen LogP contribution in [0.25, 0.3) is 12.2 Å². The molecule has 11 nitrogen and oxygen atoms in total. The number of aryl methyl sites for hydroxylation is 2. The highest BCUT2D eigenvalue weighted by Gasteiger charge is 2.46. The van der Waals surface area contributed by atoms with Gasteiger partial charge in [-0.1, -0.05) is 131 Å². The van der Waals surface area contributed by atoms with Crippen LogP contribution in [0.5, 0.6) is 0 Å². The minimum absolute atomic E-state index is 0.0295. The summed E-state index contributed by atoms with van der Waals surface area (Å²) in [6.07, 6.45) is 15.7. The topological polar surface area (TPSA) is 162 Å². The number of allylic oxidation sites excluding steroid dienone is 4. The highest BCUT2D eigenvalue weighted by Crippen LogP contribution is 2.42. The Bertz CT molecular complexity index is 2450. The summed E-state index contributed by atoms with van der Waals surface area (Å²) in [6.45, 7) is 40.0. The Morgan fingerprint density at radius 2 is 1.12 bits per heavy atom. The van der Waals surface area contributed by atoms with Crippen LogP contribution < -0.4 is 0 Å². The van der Waals surface area contributed by atoms with Crippen LogP contribution in [0.2, 0.25) is 18.1 Å². The normalized spacial score (nSPS) is 31.1. The molecule has 75 heavy (non-hydrogen) atoms. The maximum Gasteiger partial charge on any atom is 0.309 e. The van der Waals surface area contributed by atoms with Gasteiger partial charge in [-0.05, 0) is 108 Å². The summed E-state index contributed by atoms with van der Waals surface area (Å²) in [6, 6.07) is 0. The molecule has 0 saturated heterocycles. The Kier molecular flexibility index (Phi) is 24.5. The van der Waals surface area contributed by atoms with Gasteiger partial charge in [0.15, 0.2) is 8.32 Å². The minimum Gasteiger partial charge on any atom is -0.457 e. The zero-order valence-corrected chi connectivity index (χ0v) is 51.9. The second-order valence-corrected chi connectivity index (χ2v) is 31.2. The zero-order chi connectivity index (χ0) is 57.0. The number of hydrogen-bond donors (Lipinski definition) is 2. The van der Waals surface area contributed by atoms with Crippen molar-refractivity contribution >= 4 is 66.6 Å². The number of rotatable bonds is 6. The molecule has 14 heteroatoms. The average molecular weight is 1090 g/mol. The van der Waals surface area contributed by atoms with Crippen molar-refractivity contribution in [2.24, 2.45) is 40.4 Å². The number of Topliss-reactive ketones (excluding diaryl/α,β-unsaturated/α-hetero) is 2. The highest BCUT2D eigenvalue weighted by atomic mass is 32.1. The molecule has 4 heterocycles. The third kappa shape index (κ3) is 19.2. The summed E-state index contributed by atoms with van der Waals surface area (Å²) < 4.78 is 18.8. The molecular weight excluding hydrogens is 997 g/mol. The Morgan fingerprint density at radius 3 is 1.55 bits per heavy atom. The van der Waals surface area contributed by atoms with E-state index in [1.165, 1.54) is 5.57 Å². The molecule has 2 N–H and O–H groups in total. The smallest absolute Gasteiger partial charge is 0.309 e. The number of aliphatic hydroxyl groups excluding tert-OH is 2. The van der Waals surface area contributed by atoms with Crippen molar-refractivity contribution in [2.45, 2.75) is 212 Å². The summed E-state index contributed by atoms with van der Waals surface area (Å²) in [4.78, 5) is 62.4. The summed E-state index contributed by atoms with van der Waals surface area (Å²) in [7, 11) is -2.14. The summed E-state index contributed by atoms with van der Waals surface area (Å²) in [5.74, 6) is -2.35. The van der Waals surface area contributed by atoms with Gasteiger partial charge in [0, 0.05) is 53.2 Å². The van der Waals surface area contributed by atoms with Crippen LogP contribution in [0.1, 0.15) is 171 Å². The van der Waals surface area contributed by atoms with E-state index in [9.17, 15) is 29.4 Å². The van der Waals surface area contributed by atoms with Gasteiger partial charge in [-0.15, -0.1) is 22.7 Å². The van der Waals surface area contributed by atoms with E-state index in [2.05, 4.69) is 75.9 Å². The third-order valence-corrected chi connectivity index (χ3v) is 22.1. The molecular formula is C61H94N2O9S2Si. The number of ether oxygens (including phenoxy) is 2. The first-order chi connectivity index (χ1) is 34.6. The van der Waals surface area contributed by atoms with E-state index in [0.717, 1.165) is 44.5 Å². The second kappa shape index (κ2) is 28.1. The number of aliphatic hydroxyl groups is 2. The number of aromatic nitrogens is 2. The van der Waals surface area contributed by atoms with Gasteiger partial charge in [0.1, 0.15) is 23.8 Å². The molecule has 418 valence electrons. The Balaban J connectivity index is 0.000000402. The van der Waals surface area contributed by atoms with Crippen LogP contribution in [0.15, 0.2) is 69.5 Å². The van der Waals surface area contributed by atoms with Crippen molar-refractivity contribution in [1.82, 2.24) is 9.97 Å². The summed E-state index contributed by atoms with van der Waals surface area (Å²) in [5, 5.41) is 27.5. The number of ketones is 2. The van der Waals surface area contributed by atoms with E-state index >= 15 is 0 Å². The van der Waals surface area contributed by atoms with Crippen LogP contribution in [0.4, 0.5) is 0 Å². The number of thiazole rings is 2. The molecule has 0 bridgehead atoms. The Labute approximate surface area is 460 Å². The zero-order valence-electron chi connectivity index (χ0n) is 49.3.